The number of ether oxygens (including phenoxy) is 1. The van der Waals surface area contributed by atoms with E-state index in [1.54, 1.807) is 18.2 Å². The van der Waals surface area contributed by atoms with Crippen LogP contribution in [0.2, 0.25) is 0 Å². The predicted molar refractivity (Wildman–Crippen MR) is 89.0 cm³/mol. The number of hydrogen-bond acceptors (Lipinski definition) is 3. The number of methoxy groups -OCH3 is 1. The van der Waals surface area contributed by atoms with Crippen molar-refractivity contribution in [3.05, 3.63) is 51.5 Å². The number of halogens is 1. The summed E-state index contributed by atoms with van der Waals surface area (Å²) in [6.45, 7) is 3.95. The Morgan fingerprint density at radius 2 is 2.00 bits per heavy atom. The monoisotopic (exact) mass is 348 g/mol. The maximum atomic E-state index is 12.4. The third kappa shape index (κ3) is 3.19. The first kappa shape index (κ1) is 15.4. The molecule has 0 radical (unpaired) electrons. The van der Waals surface area contributed by atoms with Crippen molar-refractivity contribution in [3.8, 4) is 5.75 Å². The first-order valence-corrected chi connectivity index (χ1v) is 7.24. The summed E-state index contributed by atoms with van der Waals surface area (Å²) < 4.78 is 5.98. The van der Waals surface area contributed by atoms with E-state index in [1.165, 1.54) is 7.11 Å². The van der Waals surface area contributed by atoms with Gasteiger partial charge in [0.2, 0.25) is 0 Å². The van der Waals surface area contributed by atoms with Gasteiger partial charge >= 0.3 is 0 Å². The fourth-order valence-electron chi connectivity index (χ4n) is 2.17. The van der Waals surface area contributed by atoms with Crippen molar-refractivity contribution < 1.29 is 9.53 Å². The summed E-state index contributed by atoms with van der Waals surface area (Å²) in [5, 5.41) is 2.89. The number of para-hydroxylation sites is 1. The highest BCUT2D eigenvalue weighted by Crippen LogP contribution is 2.30. The molecular formula is C16H17BrN2O2. The number of anilines is 2. The molecule has 5 heteroatoms. The minimum Gasteiger partial charge on any atom is -0.495 e. The molecule has 110 valence electrons. The summed E-state index contributed by atoms with van der Waals surface area (Å²) >= 11 is 3.47. The number of aryl methyl sites for hydroxylation is 2. The lowest BCUT2D eigenvalue weighted by molar-refractivity contribution is 0.102. The minimum absolute atomic E-state index is 0.265. The molecule has 0 aliphatic rings. The van der Waals surface area contributed by atoms with Crippen LogP contribution in [0.15, 0.2) is 34.8 Å². The number of rotatable bonds is 3. The number of carbonyl (C=O) groups is 1. The van der Waals surface area contributed by atoms with Crippen LogP contribution < -0.4 is 15.8 Å². The largest absolute Gasteiger partial charge is 0.495 e. The molecule has 1 amide bonds. The summed E-state index contributed by atoms with van der Waals surface area (Å²) in [5.41, 5.74) is 9.52. The number of benzene rings is 2. The third-order valence-corrected chi connectivity index (χ3v) is 3.83. The fraction of sp³-hybridized carbons (Fsp3) is 0.188. The molecule has 0 fully saturated rings. The number of hydrogen-bond donors (Lipinski definition) is 2. The molecule has 4 nitrogen and oxygen atoms in total. The van der Waals surface area contributed by atoms with E-state index in [1.807, 2.05) is 26.0 Å². The smallest absolute Gasteiger partial charge is 0.257 e. The zero-order valence-corrected chi connectivity index (χ0v) is 13.7. The quantitative estimate of drug-likeness (QED) is 0.826. The number of carbonyl (C=O) groups excluding carboxylic acids is 1. The SMILES string of the molecule is COc1cccc(C(=O)Nc2c(C)cc(C)cc2Br)c1N. The molecule has 21 heavy (non-hydrogen) atoms. The van der Waals surface area contributed by atoms with Crippen LogP contribution in [0.1, 0.15) is 21.5 Å². The number of nitrogens with one attached hydrogen (secondary N) is 1. The van der Waals surface area contributed by atoms with Gasteiger partial charge in [-0.2, -0.15) is 0 Å². The standard InChI is InChI=1S/C16H17BrN2O2/c1-9-7-10(2)15(12(17)8-9)19-16(20)11-5-4-6-13(21-3)14(11)18/h4-8H,18H2,1-3H3,(H,19,20). The van der Waals surface area contributed by atoms with Gasteiger partial charge in [-0.1, -0.05) is 12.1 Å². The van der Waals surface area contributed by atoms with Gasteiger partial charge in [-0.3, -0.25) is 4.79 Å². The molecule has 0 saturated carbocycles. The van der Waals surface area contributed by atoms with Crippen molar-refractivity contribution in [2.24, 2.45) is 0 Å². The molecule has 0 bridgehead atoms. The van der Waals surface area contributed by atoms with E-state index in [-0.39, 0.29) is 5.91 Å². The molecule has 0 unspecified atom stereocenters. The fourth-order valence-corrected chi connectivity index (χ4v) is 2.95. The summed E-state index contributed by atoms with van der Waals surface area (Å²) in [4.78, 5) is 12.4. The normalized spacial score (nSPS) is 10.3. The van der Waals surface area contributed by atoms with E-state index in [2.05, 4.69) is 21.2 Å². The van der Waals surface area contributed by atoms with Crippen LogP contribution in [0.4, 0.5) is 11.4 Å². The van der Waals surface area contributed by atoms with Crippen LogP contribution in [0, 0.1) is 13.8 Å². The first-order valence-electron chi connectivity index (χ1n) is 6.44. The average Bonchev–Trinajstić information content (AvgIpc) is 2.42. The molecule has 3 N–H and O–H groups in total. The molecule has 0 heterocycles. The van der Waals surface area contributed by atoms with Gasteiger partial charge in [0.1, 0.15) is 5.75 Å². The Morgan fingerprint density at radius 1 is 1.29 bits per heavy atom. The summed E-state index contributed by atoms with van der Waals surface area (Å²) in [6, 6.07) is 9.10. The van der Waals surface area contributed by atoms with Gasteiger partial charge in [-0.05, 0) is 59.1 Å². The highest BCUT2D eigenvalue weighted by molar-refractivity contribution is 9.10. The van der Waals surface area contributed by atoms with Crippen molar-refractivity contribution >= 4 is 33.2 Å². The molecule has 0 aliphatic heterocycles. The molecule has 0 saturated heterocycles. The van der Waals surface area contributed by atoms with E-state index in [4.69, 9.17) is 10.5 Å². The van der Waals surface area contributed by atoms with Crippen molar-refractivity contribution in [1.29, 1.82) is 0 Å². The van der Waals surface area contributed by atoms with Gasteiger partial charge in [0, 0.05) is 4.47 Å². The lowest BCUT2D eigenvalue weighted by Gasteiger charge is -2.14. The van der Waals surface area contributed by atoms with Gasteiger partial charge in [0.05, 0.1) is 24.0 Å². The zero-order chi connectivity index (χ0) is 15.6. The summed E-state index contributed by atoms with van der Waals surface area (Å²) in [5.74, 6) is 0.224. The third-order valence-electron chi connectivity index (χ3n) is 3.20. The Balaban J connectivity index is 2.35. The van der Waals surface area contributed by atoms with E-state index in [0.717, 1.165) is 21.3 Å². The Morgan fingerprint density at radius 3 is 2.62 bits per heavy atom. The molecule has 0 spiro atoms. The van der Waals surface area contributed by atoms with Crippen LogP contribution in [0.5, 0.6) is 5.75 Å². The second kappa shape index (κ2) is 6.18. The molecule has 2 aromatic carbocycles. The highest BCUT2D eigenvalue weighted by Gasteiger charge is 2.15. The van der Waals surface area contributed by atoms with E-state index in [0.29, 0.717) is 17.0 Å². The first-order chi connectivity index (χ1) is 9.93. The Labute approximate surface area is 132 Å². The van der Waals surface area contributed by atoms with Gasteiger partial charge in [0.15, 0.2) is 0 Å². The van der Waals surface area contributed by atoms with Gasteiger partial charge in [-0.15, -0.1) is 0 Å². The topological polar surface area (TPSA) is 64.3 Å². The van der Waals surface area contributed by atoms with Crippen molar-refractivity contribution in [2.75, 3.05) is 18.2 Å². The van der Waals surface area contributed by atoms with Gasteiger partial charge in [-0.25, -0.2) is 0 Å². The predicted octanol–water partition coefficient (Wildman–Crippen LogP) is 3.91. The summed E-state index contributed by atoms with van der Waals surface area (Å²) in [7, 11) is 1.52. The average molecular weight is 349 g/mol. The molecular weight excluding hydrogens is 332 g/mol. The number of nitrogens with two attached hydrogens (primary N) is 1. The Hall–Kier alpha value is -2.01. The minimum atomic E-state index is -0.265. The Kier molecular flexibility index (Phi) is 4.53. The molecule has 0 aromatic heterocycles. The lowest BCUT2D eigenvalue weighted by Crippen LogP contribution is -2.15. The second-order valence-electron chi connectivity index (χ2n) is 4.81. The van der Waals surface area contributed by atoms with Crippen molar-refractivity contribution in [1.82, 2.24) is 0 Å². The van der Waals surface area contributed by atoms with Crippen LogP contribution in [-0.4, -0.2) is 13.0 Å². The maximum absolute atomic E-state index is 12.4. The Bertz CT molecular complexity index is 676. The van der Waals surface area contributed by atoms with Crippen LogP contribution >= 0.6 is 15.9 Å². The zero-order valence-electron chi connectivity index (χ0n) is 12.2. The van der Waals surface area contributed by atoms with E-state index >= 15 is 0 Å². The van der Waals surface area contributed by atoms with Crippen LogP contribution in [0.25, 0.3) is 0 Å². The molecule has 0 aliphatic carbocycles. The number of nitrogen functional groups attached to an aromatic ring is 1. The van der Waals surface area contributed by atoms with E-state index in [9.17, 15) is 4.79 Å². The second-order valence-corrected chi connectivity index (χ2v) is 5.67. The van der Waals surface area contributed by atoms with Crippen molar-refractivity contribution in [2.45, 2.75) is 13.8 Å². The molecule has 0 atom stereocenters. The lowest BCUT2D eigenvalue weighted by atomic mass is 10.1. The highest BCUT2D eigenvalue weighted by atomic mass is 79.9. The van der Waals surface area contributed by atoms with Gasteiger partial charge < -0.3 is 15.8 Å². The van der Waals surface area contributed by atoms with Crippen LogP contribution in [-0.2, 0) is 0 Å². The van der Waals surface area contributed by atoms with Gasteiger partial charge in [0.25, 0.3) is 5.91 Å². The number of amides is 1. The maximum Gasteiger partial charge on any atom is 0.257 e. The van der Waals surface area contributed by atoms with E-state index < -0.39 is 0 Å². The molecule has 2 aromatic rings. The van der Waals surface area contributed by atoms with Crippen molar-refractivity contribution in [3.63, 3.8) is 0 Å². The summed E-state index contributed by atoms with van der Waals surface area (Å²) in [6.07, 6.45) is 0. The molecule has 2 rings (SSSR count). The van der Waals surface area contributed by atoms with Crippen LogP contribution in [0.3, 0.4) is 0 Å².